The summed E-state index contributed by atoms with van der Waals surface area (Å²) in [6.45, 7) is 6.10. The number of halogens is 1. The second kappa shape index (κ2) is 5.17. The fourth-order valence-corrected chi connectivity index (χ4v) is 1.31. The molecule has 0 amide bonds. The molecule has 1 aromatic carbocycles. The molecule has 82 valence electrons. The van der Waals surface area contributed by atoms with Gasteiger partial charge in [-0.2, -0.15) is 0 Å². The molecule has 1 unspecified atom stereocenters. The molecule has 1 aromatic rings. The molecule has 1 atom stereocenters. The number of amidine groups is 1. The van der Waals surface area contributed by atoms with Crippen molar-refractivity contribution in [3.8, 4) is 0 Å². The number of nitrogens with zero attached hydrogens (tertiary/aromatic N) is 1. The highest BCUT2D eigenvalue weighted by molar-refractivity contribution is 6.30. The summed E-state index contributed by atoms with van der Waals surface area (Å²) in [5, 5.41) is 0.742. The molecule has 3 heteroatoms. The molecule has 15 heavy (non-hydrogen) atoms. The van der Waals surface area contributed by atoms with Gasteiger partial charge >= 0.3 is 0 Å². The van der Waals surface area contributed by atoms with E-state index in [1.165, 1.54) is 0 Å². The lowest BCUT2D eigenvalue weighted by atomic mass is 10.1. The van der Waals surface area contributed by atoms with Crippen molar-refractivity contribution in [1.82, 2.24) is 0 Å². The van der Waals surface area contributed by atoms with E-state index in [1.54, 1.807) is 0 Å². The molecule has 2 N–H and O–H groups in total. The fraction of sp³-hybridized carbons (Fsp3) is 0.417. The molecule has 0 fully saturated rings. The zero-order valence-electron chi connectivity index (χ0n) is 9.37. The average molecular weight is 225 g/mol. The van der Waals surface area contributed by atoms with Gasteiger partial charge in [0.15, 0.2) is 0 Å². The van der Waals surface area contributed by atoms with Crippen molar-refractivity contribution in [3.05, 3.63) is 34.9 Å². The third-order valence-electron chi connectivity index (χ3n) is 2.29. The van der Waals surface area contributed by atoms with Crippen molar-refractivity contribution in [2.75, 3.05) is 0 Å². The lowest BCUT2D eigenvalue weighted by Crippen LogP contribution is -2.19. The van der Waals surface area contributed by atoms with Gasteiger partial charge < -0.3 is 5.73 Å². The summed E-state index contributed by atoms with van der Waals surface area (Å²) in [5.41, 5.74) is 6.94. The highest BCUT2D eigenvalue weighted by atomic mass is 35.5. The van der Waals surface area contributed by atoms with Gasteiger partial charge in [0.1, 0.15) is 0 Å². The zero-order valence-corrected chi connectivity index (χ0v) is 10.1. The molecule has 2 nitrogen and oxygen atoms in total. The standard InChI is InChI=1S/C12H17ClN2/c1-8(2)12(14)15-9(3)10-4-6-11(13)7-5-10/h4-9H,1-3H3,(H2,14,15). The Kier molecular flexibility index (Phi) is 4.15. The summed E-state index contributed by atoms with van der Waals surface area (Å²) >= 11 is 5.81. The Hall–Kier alpha value is -1.02. The molecular formula is C12H17ClN2. The van der Waals surface area contributed by atoms with Gasteiger partial charge in [-0.3, -0.25) is 4.99 Å². The Balaban J connectivity index is 2.81. The first kappa shape index (κ1) is 12.1. The van der Waals surface area contributed by atoms with Crippen LogP contribution in [0.3, 0.4) is 0 Å². The predicted octanol–water partition coefficient (Wildman–Crippen LogP) is 3.41. The molecule has 0 radical (unpaired) electrons. The molecule has 0 aliphatic heterocycles. The third-order valence-corrected chi connectivity index (χ3v) is 2.54. The minimum atomic E-state index is 0.0877. The van der Waals surface area contributed by atoms with Crippen LogP contribution in [-0.4, -0.2) is 5.84 Å². The Morgan fingerprint density at radius 1 is 1.20 bits per heavy atom. The van der Waals surface area contributed by atoms with Crippen LogP contribution in [0.15, 0.2) is 29.3 Å². The molecule has 1 rings (SSSR count). The number of hydrogen-bond acceptors (Lipinski definition) is 1. The summed E-state index contributed by atoms with van der Waals surface area (Å²) in [6, 6.07) is 7.78. The second-order valence-electron chi connectivity index (χ2n) is 3.94. The van der Waals surface area contributed by atoms with Gasteiger partial charge in [-0.1, -0.05) is 37.6 Å². The van der Waals surface area contributed by atoms with Gasteiger partial charge in [0.25, 0.3) is 0 Å². The SMILES string of the molecule is CC(C)C(N)=NC(C)c1ccc(Cl)cc1. The number of hydrogen-bond donors (Lipinski definition) is 1. The fourth-order valence-electron chi connectivity index (χ4n) is 1.19. The lowest BCUT2D eigenvalue weighted by Gasteiger charge is -2.10. The summed E-state index contributed by atoms with van der Waals surface area (Å²) in [4.78, 5) is 4.43. The topological polar surface area (TPSA) is 38.4 Å². The van der Waals surface area contributed by atoms with E-state index in [0.29, 0.717) is 11.8 Å². The van der Waals surface area contributed by atoms with Crippen LogP contribution < -0.4 is 5.73 Å². The van der Waals surface area contributed by atoms with Crippen LogP contribution in [0.2, 0.25) is 5.02 Å². The van der Waals surface area contributed by atoms with Crippen LogP contribution in [0.25, 0.3) is 0 Å². The first-order chi connectivity index (χ1) is 7.00. The summed E-state index contributed by atoms with van der Waals surface area (Å²) < 4.78 is 0. The van der Waals surface area contributed by atoms with Gasteiger partial charge in [-0.15, -0.1) is 0 Å². The Labute approximate surface area is 96.2 Å². The first-order valence-electron chi connectivity index (χ1n) is 5.09. The van der Waals surface area contributed by atoms with Crippen molar-refractivity contribution in [1.29, 1.82) is 0 Å². The molecule has 0 aliphatic carbocycles. The van der Waals surface area contributed by atoms with Crippen LogP contribution in [0.5, 0.6) is 0 Å². The van der Waals surface area contributed by atoms with Gasteiger partial charge in [-0.25, -0.2) is 0 Å². The van der Waals surface area contributed by atoms with Crippen molar-refractivity contribution < 1.29 is 0 Å². The van der Waals surface area contributed by atoms with Crippen LogP contribution in [0, 0.1) is 5.92 Å². The molecule has 0 aliphatic rings. The number of aliphatic imine (C=N–C) groups is 1. The molecular weight excluding hydrogens is 208 g/mol. The summed E-state index contributed by atoms with van der Waals surface area (Å²) in [7, 11) is 0. The molecule has 0 spiro atoms. The predicted molar refractivity (Wildman–Crippen MR) is 66.3 cm³/mol. The maximum atomic E-state index is 5.81. The molecule has 0 bridgehead atoms. The van der Waals surface area contributed by atoms with E-state index in [1.807, 2.05) is 45.0 Å². The highest BCUT2D eigenvalue weighted by Crippen LogP contribution is 2.19. The van der Waals surface area contributed by atoms with Crippen molar-refractivity contribution >= 4 is 17.4 Å². The monoisotopic (exact) mass is 224 g/mol. The van der Waals surface area contributed by atoms with Crippen LogP contribution in [-0.2, 0) is 0 Å². The molecule has 0 aromatic heterocycles. The van der Waals surface area contributed by atoms with E-state index in [4.69, 9.17) is 17.3 Å². The van der Waals surface area contributed by atoms with Crippen LogP contribution >= 0.6 is 11.6 Å². The van der Waals surface area contributed by atoms with Crippen LogP contribution in [0.1, 0.15) is 32.4 Å². The van der Waals surface area contributed by atoms with E-state index >= 15 is 0 Å². The first-order valence-corrected chi connectivity index (χ1v) is 5.47. The van der Waals surface area contributed by atoms with Gasteiger partial charge in [0.2, 0.25) is 0 Å². The summed E-state index contributed by atoms with van der Waals surface area (Å²) in [5.74, 6) is 0.984. The Morgan fingerprint density at radius 2 is 1.73 bits per heavy atom. The number of benzene rings is 1. The van der Waals surface area contributed by atoms with E-state index < -0.39 is 0 Å². The minimum absolute atomic E-state index is 0.0877. The van der Waals surface area contributed by atoms with E-state index in [-0.39, 0.29) is 6.04 Å². The summed E-state index contributed by atoms with van der Waals surface area (Å²) in [6.07, 6.45) is 0. The zero-order chi connectivity index (χ0) is 11.4. The molecule has 0 heterocycles. The quantitative estimate of drug-likeness (QED) is 0.620. The maximum absolute atomic E-state index is 5.81. The van der Waals surface area contributed by atoms with Gasteiger partial charge in [0, 0.05) is 10.9 Å². The van der Waals surface area contributed by atoms with Crippen LogP contribution in [0.4, 0.5) is 0 Å². The van der Waals surface area contributed by atoms with E-state index in [2.05, 4.69) is 4.99 Å². The van der Waals surface area contributed by atoms with Crippen molar-refractivity contribution in [2.24, 2.45) is 16.6 Å². The van der Waals surface area contributed by atoms with Crippen molar-refractivity contribution in [3.63, 3.8) is 0 Å². The smallest absolute Gasteiger partial charge is 0.0970 e. The largest absolute Gasteiger partial charge is 0.387 e. The molecule has 0 saturated heterocycles. The Morgan fingerprint density at radius 3 is 2.20 bits per heavy atom. The Bertz CT molecular complexity index is 341. The average Bonchev–Trinajstić information content (AvgIpc) is 2.18. The highest BCUT2D eigenvalue weighted by Gasteiger charge is 2.05. The third kappa shape index (κ3) is 3.56. The van der Waals surface area contributed by atoms with Gasteiger partial charge in [0.05, 0.1) is 11.9 Å². The number of nitrogens with two attached hydrogens (primary N) is 1. The second-order valence-corrected chi connectivity index (χ2v) is 4.37. The van der Waals surface area contributed by atoms with Gasteiger partial charge in [-0.05, 0) is 24.6 Å². The van der Waals surface area contributed by atoms with E-state index in [0.717, 1.165) is 10.6 Å². The number of rotatable bonds is 3. The minimum Gasteiger partial charge on any atom is -0.387 e. The lowest BCUT2D eigenvalue weighted by molar-refractivity contribution is 0.780. The maximum Gasteiger partial charge on any atom is 0.0970 e. The normalized spacial score (nSPS) is 14.3. The molecule has 0 saturated carbocycles. The van der Waals surface area contributed by atoms with E-state index in [9.17, 15) is 0 Å². The van der Waals surface area contributed by atoms with Crippen molar-refractivity contribution in [2.45, 2.75) is 26.8 Å².